The Hall–Kier alpha value is -2.62. The van der Waals surface area contributed by atoms with Gasteiger partial charge < -0.3 is 4.42 Å². The molecule has 2 aromatic heterocycles. The third-order valence-corrected chi connectivity index (χ3v) is 2.82. The maximum atomic E-state index is 11.7. The molecule has 0 aliphatic carbocycles. The van der Waals surface area contributed by atoms with E-state index < -0.39 is 0 Å². The highest BCUT2D eigenvalue weighted by atomic mass is 16.4. The van der Waals surface area contributed by atoms with Crippen molar-refractivity contribution in [1.82, 2.24) is 9.55 Å². The van der Waals surface area contributed by atoms with Crippen LogP contribution in [0.25, 0.3) is 17.3 Å². The Kier molecular flexibility index (Phi) is 2.98. The Labute approximate surface area is 109 Å². The third-order valence-electron chi connectivity index (χ3n) is 2.82. The van der Waals surface area contributed by atoms with E-state index in [1.807, 2.05) is 42.5 Å². The molecule has 19 heavy (non-hydrogen) atoms. The third kappa shape index (κ3) is 2.33. The number of pyridine rings is 1. The molecule has 3 aromatic rings. The van der Waals surface area contributed by atoms with Crippen molar-refractivity contribution in [3.05, 3.63) is 70.9 Å². The number of rotatable bonds is 3. The maximum Gasteiger partial charge on any atom is 0.421 e. The van der Waals surface area contributed by atoms with E-state index in [1.165, 1.54) is 4.57 Å². The molecule has 0 aliphatic heterocycles. The second-order valence-electron chi connectivity index (χ2n) is 4.12. The van der Waals surface area contributed by atoms with E-state index in [2.05, 4.69) is 4.98 Å². The molecular formula is C15H12N2O2. The van der Waals surface area contributed by atoms with Crippen molar-refractivity contribution in [2.45, 2.75) is 6.54 Å². The Morgan fingerprint density at radius 2 is 2.00 bits per heavy atom. The Morgan fingerprint density at radius 3 is 2.84 bits per heavy atom. The van der Waals surface area contributed by atoms with Crippen LogP contribution in [-0.2, 0) is 6.54 Å². The van der Waals surface area contributed by atoms with Gasteiger partial charge in [0.05, 0.1) is 0 Å². The summed E-state index contributed by atoms with van der Waals surface area (Å²) in [5, 5.41) is 0. The van der Waals surface area contributed by atoms with Gasteiger partial charge in [-0.2, -0.15) is 0 Å². The second kappa shape index (κ2) is 4.94. The minimum absolute atomic E-state index is 0.383. The van der Waals surface area contributed by atoms with Gasteiger partial charge in [0, 0.05) is 12.7 Å². The summed E-state index contributed by atoms with van der Waals surface area (Å²) in [6, 6.07) is 13.4. The first-order valence-corrected chi connectivity index (χ1v) is 6.00. The Bertz CT molecular complexity index is 769. The van der Waals surface area contributed by atoms with Gasteiger partial charge in [-0.3, -0.25) is 4.57 Å². The number of hydrogen-bond acceptors (Lipinski definition) is 3. The fourth-order valence-electron chi connectivity index (χ4n) is 1.92. The molecule has 2 heterocycles. The highest BCUT2D eigenvalue weighted by molar-refractivity contribution is 5.67. The van der Waals surface area contributed by atoms with Gasteiger partial charge in [0.15, 0.2) is 11.2 Å². The van der Waals surface area contributed by atoms with Crippen LogP contribution in [0, 0.1) is 0 Å². The largest absolute Gasteiger partial charge is 0.421 e. The zero-order valence-corrected chi connectivity index (χ0v) is 10.2. The zero-order chi connectivity index (χ0) is 13.1. The lowest BCUT2D eigenvalue weighted by Gasteiger charge is -1.96. The molecule has 0 radical (unpaired) electrons. The molecule has 0 N–H and O–H groups in total. The summed E-state index contributed by atoms with van der Waals surface area (Å²) in [5.74, 6) is -0.383. The van der Waals surface area contributed by atoms with E-state index in [0.29, 0.717) is 17.8 Å². The highest BCUT2D eigenvalue weighted by Crippen LogP contribution is 2.09. The van der Waals surface area contributed by atoms with E-state index in [9.17, 15) is 4.79 Å². The topological polar surface area (TPSA) is 48.0 Å². The number of hydrogen-bond donors (Lipinski definition) is 0. The molecule has 4 heteroatoms. The van der Waals surface area contributed by atoms with Gasteiger partial charge in [-0.15, -0.1) is 0 Å². The van der Waals surface area contributed by atoms with E-state index >= 15 is 0 Å². The summed E-state index contributed by atoms with van der Waals surface area (Å²) in [6.45, 7) is 0.442. The molecule has 0 spiro atoms. The number of nitrogens with zero attached hydrogens (tertiary/aromatic N) is 2. The predicted octanol–water partition coefficient (Wildman–Crippen LogP) is 2.70. The first-order chi connectivity index (χ1) is 9.34. The number of fused-ring (bicyclic) bond motifs is 1. The molecule has 0 unspecified atom stereocenters. The average molecular weight is 252 g/mol. The number of aromatic nitrogens is 2. The van der Waals surface area contributed by atoms with Gasteiger partial charge in [-0.1, -0.05) is 42.5 Å². The quantitative estimate of drug-likeness (QED) is 0.720. The van der Waals surface area contributed by atoms with Crippen LogP contribution < -0.4 is 5.76 Å². The van der Waals surface area contributed by atoms with E-state index in [1.54, 1.807) is 18.3 Å². The van der Waals surface area contributed by atoms with Gasteiger partial charge in [0.1, 0.15) is 0 Å². The maximum absolute atomic E-state index is 11.7. The molecule has 0 aliphatic rings. The molecule has 1 aromatic carbocycles. The van der Waals surface area contributed by atoms with Crippen molar-refractivity contribution in [3.8, 4) is 0 Å². The molecular weight excluding hydrogens is 240 g/mol. The van der Waals surface area contributed by atoms with Crippen molar-refractivity contribution in [2.24, 2.45) is 0 Å². The highest BCUT2D eigenvalue weighted by Gasteiger charge is 2.07. The summed E-state index contributed by atoms with van der Waals surface area (Å²) in [6.07, 6.45) is 5.53. The lowest BCUT2D eigenvalue weighted by Crippen LogP contribution is -2.13. The Balaban J connectivity index is 1.88. The van der Waals surface area contributed by atoms with Gasteiger partial charge in [0.2, 0.25) is 0 Å². The molecule has 0 atom stereocenters. The summed E-state index contributed by atoms with van der Waals surface area (Å²) >= 11 is 0. The zero-order valence-electron chi connectivity index (χ0n) is 10.2. The van der Waals surface area contributed by atoms with Crippen LogP contribution in [0.15, 0.2) is 63.9 Å². The van der Waals surface area contributed by atoms with Gasteiger partial charge in [-0.25, -0.2) is 9.78 Å². The van der Waals surface area contributed by atoms with Crippen molar-refractivity contribution in [1.29, 1.82) is 0 Å². The lowest BCUT2D eigenvalue weighted by atomic mass is 10.2. The van der Waals surface area contributed by atoms with Crippen LogP contribution in [0.2, 0.25) is 0 Å². The predicted molar refractivity (Wildman–Crippen MR) is 73.7 cm³/mol. The molecule has 0 amide bonds. The van der Waals surface area contributed by atoms with Crippen molar-refractivity contribution < 1.29 is 4.42 Å². The van der Waals surface area contributed by atoms with Crippen LogP contribution in [0.1, 0.15) is 5.56 Å². The first kappa shape index (κ1) is 11.5. The Morgan fingerprint density at radius 1 is 1.16 bits per heavy atom. The van der Waals surface area contributed by atoms with Gasteiger partial charge in [0.25, 0.3) is 0 Å². The minimum Gasteiger partial charge on any atom is -0.406 e. The van der Waals surface area contributed by atoms with Crippen molar-refractivity contribution in [3.63, 3.8) is 0 Å². The normalized spacial score (nSPS) is 11.4. The summed E-state index contributed by atoms with van der Waals surface area (Å²) in [7, 11) is 0. The molecule has 0 saturated carbocycles. The number of allylic oxidation sites excluding steroid dienone is 1. The van der Waals surface area contributed by atoms with Crippen LogP contribution in [-0.4, -0.2) is 9.55 Å². The van der Waals surface area contributed by atoms with Gasteiger partial charge in [-0.05, 0) is 17.7 Å². The minimum atomic E-state index is -0.383. The lowest BCUT2D eigenvalue weighted by molar-refractivity contribution is 0.520. The van der Waals surface area contributed by atoms with Crippen LogP contribution in [0.3, 0.4) is 0 Å². The van der Waals surface area contributed by atoms with E-state index in [4.69, 9.17) is 4.42 Å². The van der Waals surface area contributed by atoms with Crippen LogP contribution in [0.4, 0.5) is 0 Å². The summed E-state index contributed by atoms with van der Waals surface area (Å²) in [4.78, 5) is 15.9. The first-order valence-electron chi connectivity index (χ1n) is 6.00. The SMILES string of the molecule is O=c1oc2cccnc2n1C/C=C/c1ccccc1. The number of benzene rings is 1. The van der Waals surface area contributed by atoms with E-state index in [-0.39, 0.29) is 5.76 Å². The fourth-order valence-corrected chi connectivity index (χ4v) is 1.92. The standard InChI is InChI=1S/C15H12N2O2/c18-15-17(14-13(19-15)9-4-10-16-14)11-5-8-12-6-2-1-3-7-12/h1-10H,11H2/b8-5+. The number of oxazole rings is 1. The fraction of sp³-hybridized carbons (Fsp3) is 0.0667. The van der Waals surface area contributed by atoms with Gasteiger partial charge >= 0.3 is 5.76 Å². The molecule has 0 bridgehead atoms. The summed E-state index contributed by atoms with van der Waals surface area (Å²) < 4.78 is 6.62. The van der Waals surface area contributed by atoms with E-state index in [0.717, 1.165) is 5.56 Å². The second-order valence-corrected chi connectivity index (χ2v) is 4.12. The monoisotopic (exact) mass is 252 g/mol. The van der Waals surface area contributed by atoms with Crippen LogP contribution >= 0.6 is 0 Å². The van der Waals surface area contributed by atoms with Crippen molar-refractivity contribution in [2.75, 3.05) is 0 Å². The van der Waals surface area contributed by atoms with Crippen LogP contribution in [0.5, 0.6) is 0 Å². The summed E-state index contributed by atoms with van der Waals surface area (Å²) in [5.41, 5.74) is 2.18. The molecule has 4 nitrogen and oxygen atoms in total. The molecule has 0 saturated heterocycles. The molecule has 0 fully saturated rings. The molecule has 3 rings (SSSR count). The molecule has 94 valence electrons. The average Bonchev–Trinajstić information content (AvgIpc) is 2.76. The smallest absolute Gasteiger partial charge is 0.406 e. The van der Waals surface area contributed by atoms with Crippen molar-refractivity contribution >= 4 is 17.3 Å².